The summed E-state index contributed by atoms with van der Waals surface area (Å²) in [5, 5.41) is 7.17. The molecule has 9 rings (SSSR count). The largest absolute Gasteiger partial charge is 0.470 e. The Kier molecular flexibility index (Phi) is 7.56. The number of nitrogens with zero attached hydrogens (tertiary/aromatic N) is 7. The van der Waals surface area contributed by atoms with Gasteiger partial charge in [-0.3, -0.25) is 0 Å². The van der Waals surface area contributed by atoms with Gasteiger partial charge in [-0.05, 0) is 99.2 Å². The molecule has 0 unspecified atom stereocenters. The maximum atomic E-state index is 5.39. The number of aliphatic imine (C=N–C) groups is 4. The van der Waals surface area contributed by atoms with Crippen LogP contribution in [-0.2, 0) is 0 Å². The summed E-state index contributed by atoms with van der Waals surface area (Å²) < 4.78 is 10.8. The van der Waals surface area contributed by atoms with Crippen LogP contribution in [-0.4, -0.2) is 55.0 Å². The number of hydrogen-bond donors (Lipinski definition) is 2. The number of anilines is 6. The van der Waals surface area contributed by atoms with Crippen LogP contribution in [0.3, 0.4) is 0 Å². The zero-order valence-corrected chi connectivity index (χ0v) is 27.2. The van der Waals surface area contributed by atoms with Gasteiger partial charge in [-0.15, -0.1) is 0 Å². The highest BCUT2D eigenvalue weighted by atomic mass is 16.3. The highest BCUT2D eigenvalue weighted by Crippen LogP contribution is 2.38. The van der Waals surface area contributed by atoms with E-state index in [1.54, 1.807) is 25.1 Å². The number of hydrogen-bond acceptors (Lipinski definition) is 11. The number of nitrogens with one attached hydrogen (secondary N) is 2. The molecule has 2 fully saturated rings. The molecule has 0 atom stereocenters. The number of guanidine groups is 2. The maximum absolute atomic E-state index is 5.39. The predicted molar refractivity (Wildman–Crippen MR) is 197 cm³/mol. The first-order chi connectivity index (χ1) is 24.2. The molecule has 2 saturated heterocycles. The van der Waals surface area contributed by atoms with Crippen LogP contribution in [0.2, 0.25) is 0 Å². The van der Waals surface area contributed by atoms with E-state index in [1.165, 1.54) is 56.2 Å². The SMILES string of the molecule is C1=NC2=NC(c3ccc(N4CCCCC4)cc3Nc3ccoc3)=CC3=CC(c4ccc(N5CCCCC5)cc4Nc4ccoc4)=NC(=N1)N32. The third-order valence-corrected chi connectivity index (χ3v) is 9.62. The van der Waals surface area contributed by atoms with Crippen molar-refractivity contribution >= 4 is 63.8 Å². The zero-order valence-electron chi connectivity index (χ0n) is 27.2. The van der Waals surface area contributed by atoms with E-state index in [2.05, 4.69) is 79.0 Å². The van der Waals surface area contributed by atoms with Crippen molar-refractivity contribution in [3.63, 3.8) is 0 Å². The second-order valence-corrected chi connectivity index (χ2v) is 12.8. The minimum absolute atomic E-state index is 0.531. The Bertz CT molecular complexity index is 1940. The van der Waals surface area contributed by atoms with E-state index in [1.807, 2.05) is 17.0 Å². The van der Waals surface area contributed by atoms with Gasteiger partial charge in [-0.25, -0.2) is 24.9 Å². The number of allylic oxidation sites excluding steroid dienone is 2. The zero-order chi connectivity index (χ0) is 32.6. The molecule has 246 valence electrons. The second kappa shape index (κ2) is 12.6. The van der Waals surface area contributed by atoms with Crippen molar-refractivity contribution in [1.29, 1.82) is 0 Å². The number of piperidine rings is 2. The summed E-state index contributed by atoms with van der Waals surface area (Å²) in [4.78, 5) is 26.0. The Labute approximate surface area is 284 Å². The fourth-order valence-electron chi connectivity index (χ4n) is 7.13. The molecule has 49 heavy (non-hydrogen) atoms. The summed E-state index contributed by atoms with van der Waals surface area (Å²) in [7, 11) is 0. The van der Waals surface area contributed by atoms with Crippen molar-refractivity contribution in [3.8, 4) is 0 Å². The summed E-state index contributed by atoms with van der Waals surface area (Å²) >= 11 is 0. The van der Waals surface area contributed by atoms with Gasteiger partial charge < -0.3 is 29.3 Å². The molecule has 0 spiro atoms. The van der Waals surface area contributed by atoms with Gasteiger partial charge >= 0.3 is 0 Å². The van der Waals surface area contributed by atoms with Crippen molar-refractivity contribution in [2.45, 2.75) is 38.5 Å². The van der Waals surface area contributed by atoms with Gasteiger partial charge in [0.15, 0.2) is 0 Å². The van der Waals surface area contributed by atoms with Gasteiger partial charge in [0.2, 0.25) is 11.9 Å². The molecule has 11 heteroatoms. The molecule has 2 aromatic carbocycles. The molecule has 4 aromatic rings. The van der Waals surface area contributed by atoms with Gasteiger partial charge in [-0.1, -0.05) is 0 Å². The maximum Gasteiger partial charge on any atom is 0.239 e. The molecule has 0 aliphatic carbocycles. The molecule has 5 aliphatic rings. The molecule has 0 radical (unpaired) electrons. The second-order valence-electron chi connectivity index (χ2n) is 12.8. The van der Waals surface area contributed by atoms with Crippen LogP contribution in [0, 0.1) is 0 Å². The van der Waals surface area contributed by atoms with Gasteiger partial charge in [0.25, 0.3) is 0 Å². The lowest BCUT2D eigenvalue weighted by molar-refractivity contribution is 0.568. The van der Waals surface area contributed by atoms with Crippen LogP contribution < -0.4 is 20.4 Å². The lowest BCUT2D eigenvalue weighted by Gasteiger charge is -2.33. The van der Waals surface area contributed by atoms with Gasteiger partial charge in [-0.2, -0.15) is 0 Å². The minimum Gasteiger partial charge on any atom is -0.470 e. The Morgan fingerprint density at radius 2 is 1.22 bits per heavy atom. The van der Waals surface area contributed by atoms with Crippen molar-refractivity contribution < 1.29 is 8.83 Å². The van der Waals surface area contributed by atoms with Crippen molar-refractivity contribution in [3.05, 3.63) is 103 Å². The monoisotopic (exact) mass is 651 g/mol. The Morgan fingerprint density at radius 1 is 0.612 bits per heavy atom. The number of benzene rings is 2. The van der Waals surface area contributed by atoms with Crippen molar-refractivity contribution in [2.75, 3.05) is 46.6 Å². The minimum atomic E-state index is 0.531. The summed E-state index contributed by atoms with van der Waals surface area (Å²) in [5.41, 5.74) is 10.5. The quantitative estimate of drug-likeness (QED) is 0.198. The Hall–Kier alpha value is -5.84. The van der Waals surface area contributed by atoms with E-state index in [4.69, 9.17) is 18.8 Å². The van der Waals surface area contributed by atoms with Crippen LogP contribution >= 0.6 is 0 Å². The molecule has 11 nitrogen and oxygen atoms in total. The fraction of sp³-hybridized carbons (Fsp3) is 0.263. The van der Waals surface area contributed by atoms with E-state index in [-0.39, 0.29) is 0 Å². The highest BCUT2D eigenvalue weighted by molar-refractivity contribution is 6.24. The first-order valence-corrected chi connectivity index (χ1v) is 17.1. The lowest BCUT2D eigenvalue weighted by Crippen LogP contribution is -2.40. The molecule has 5 aliphatic heterocycles. The van der Waals surface area contributed by atoms with Crippen LogP contribution in [0.15, 0.2) is 120 Å². The van der Waals surface area contributed by atoms with E-state index in [0.717, 1.165) is 77.2 Å². The molecule has 2 aromatic heterocycles. The first kappa shape index (κ1) is 29.3. The average Bonchev–Trinajstić information content (AvgIpc) is 3.87. The van der Waals surface area contributed by atoms with Crippen LogP contribution in [0.4, 0.5) is 34.1 Å². The van der Waals surface area contributed by atoms with Crippen LogP contribution in [0.25, 0.3) is 5.70 Å². The summed E-state index contributed by atoms with van der Waals surface area (Å²) in [6.45, 7) is 4.25. The summed E-state index contributed by atoms with van der Waals surface area (Å²) in [5.74, 6) is 1.06. The number of rotatable bonds is 8. The topological polar surface area (TPSA) is 110 Å². The molecule has 0 amide bonds. The van der Waals surface area contributed by atoms with Gasteiger partial charge in [0.1, 0.15) is 18.9 Å². The smallest absolute Gasteiger partial charge is 0.239 e. The lowest BCUT2D eigenvalue weighted by atomic mass is 10.0. The standard InChI is InChI=1S/C38H37N9O2/c1-3-13-45(14-4-1)28-7-9-31(33(19-28)41-26-11-17-48-23-26)35-21-30-22-36(44-38-40-25-39-37(43-35)47(30)38)32-10-8-29(46-15-5-2-6-16-46)20-34(32)42-27-12-18-49-24-27/h7-12,17-25,41-42H,1-6,13-16H2. The third-order valence-electron chi connectivity index (χ3n) is 9.62. The Balaban J connectivity index is 1.12. The van der Waals surface area contributed by atoms with Crippen molar-refractivity contribution in [2.24, 2.45) is 20.0 Å². The van der Waals surface area contributed by atoms with E-state index >= 15 is 0 Å². The molecular weight excluding hydrogens is 614 g/mol. The molecule has 2 N–H and O–H groups in total. The average molecular weight is 652 g/mol. The highest BCUT2D eigenvalue weighted by Gasteiger charge is 2.32. The molecular formula is C38H37N9O2. The number of furan rings is 2. The predicted octanol–water partition coefficient (Wildman–Crippen LogP) is 8.14. The third kappa shape index (κ3) is 5.81. The van der Waals surface area contributed by atoms with E-state index in [0.29, 0.717) is 11.9 Å². The van der Waals surface area contributed by atoms with Crippen LogP contribution in [0.5, 0.6) is 0 Å². The van der Waals surface area contributed by atoms with Crippen molar-refractivity contribution in [1.82, 2.24) is 4.90 Å². The van der Waals surface area contributed by atoms with Gasteiger partial charge in [0, 0.05) is 48.7 Å². The fourth-order valence-corrected chi connectivity index (χ4v) is 7.13. The Morgan fingerprint density at radius 3 is 1.84 bits per heavy atom. The normalized spacial score (nSPS) is 18.6. The molecule has 7 heterocycles. The summed E-state index contributed by atoms with van der Waals surface area (Å²) in [6.07, 6.45) is 19.9. The van der Waals surface area contributed by atoms with Gasteiger partial charge in [0.05, 0.1) is 52.4 Å². The first-order valence-electron chi connectivity index (χ1n) is 17.1. The van der Waals surface area contributed by atoms with E-state index < -0.39 is 0 Å². The van der Waals surface area contributed by atoms with Crippen LogP contribution in [0.1, 0.15) is 49.7 Å². The van der Waals surface area contributed by atoms with E-state index in [9.17, 15) is 0 Å². The summed E-state index contributed by atoms with van der Waals surface area (Å²) in [6, 6.07) is 17.0. The molecule has 0 saturated carbocycles. The molecule has 0 bridgehead atoms.